The topological polar surface area (TPSA) is 84.5 Å². The zero-order valence-electron chi connectivity index (χ0n) is 14.4. The Bertz CT molecular complexity index is 848. The quantitative estimate of drug-likeness (QED) is 0.792. The molecule has 2 N–H and O–H groups in total. The Kier molecular flexibility index (Phi) is 6.17. The second-order valence-electron chi connectivity index (χ2n) is 5.84. The Morgan fingerprint density at radius 3 is 2.52 bits per heavy atom. The number of sulfonamides is 1. The molecule has 0 atom stereocenters. The third kappa shape index (κ3) is 5.30. The van der Waals surface area contributed by atoms with Crippen LogP contribution in [0.15, 0.2) is 53.4 Å². The van der Waals surface area contributed by atoms with Crippen molar-refractivity contribution in [2.24, 2.45) is 0 Å². The molecule has 0 aliphatic rings. The van der Waals surface area contributed by atoms with Crippen molar-refractivity contribution in [3.8, 4) is 5.75 Å². The van der Waals surface area contributed by atoms with Crippen molar-refractivity contribution in [2.45, 2.75) is 31.3 Å². The lowest BCUT2D eigenvalue weighted by Crippen LogP contribution is -2.30. The first-order valence-corrected chi connectivity index (χ1v) is 9.33. The van der Waals surface area contributed by atoms with E-state index in [0.717, 1.165) is 5.56 Å². The van der Waals surface area contributed by atoms with Crippen LogP contribution in [0.3, 0.4) is 0 Å². The van der Waals surface area contributed by atoms with E-state index >= 15 is 0 Å². The molecular formula is C18H22N2O4S. The van der Waals surface area contributed by atoms with Gasteiger partial charge in [-0.2, -0.15) is 0 Å². The van der Waals surface area contributed by atoms with Crippen LogP contribution >= 0.6 is 0 Å². The van der Waals surface area contributed by atoms with E-state index in [1.165, 1.54) is 12.1 Å². The molecule has 7 heteroatoms. The molecule has 0 saturated heterocycles. The maximum Gasteiger partial charge on any atom is 0.251 e. The minimum absolute atomic E-state index is 0.0650. The van der Waals surface area contributed by atoms with E-state index in [9.17, 15) is 13.2 Å². The van der Waals surface area contributed by atoms with Crippen molar-refractivity contribution in [1.82, 2.24) is 10.0 Å². The van der Waals surface area contributed by atoms with Gasteiger partial charge in [-0.15, -0.1) is 0 Å². The average molecular weight is 362 g/mol. The van der Waals surface area contributed by atoms with Crippen LogP contribution in [0.5, 0.6) is 5.75 Å². The van der Waals surface area contributed by atoms with Crippen LogP contribution in [0.2, 0.25) is 0 Å². The molecule has 134 valence electrons. The fourth-order valence-electron chi connectivity index (χ4n) is 2.25. The normalized spacial score (nSPS) is 11.4. The molecule has 2 aromatic carbocycles. The Hall–Kier alpha value is -2.38. The molecule has 0 bridgehead atoms. The van der Waals surface area contributed by atoms with Gasteiger partial charge in [-0.3, -0.25) is 4.79 Å². The van der Waals surface area contributed by atoms with E-state index in [2.05, 4.69) is 10.0 Å². The minimum Gasteiger partial charge on any atom is -0.497 e. The summed E-state index contributed by atoms with van der Waals surface area (Å²) in [6.07, 6.45) is 0. The summed E-state index contributed by atoms with van der Waals surface area (Å²) in [7, 11) is -2.06. The fourth-order valence-corrected chi connectivity index (χ4v) is 3.55. The van der Waals surface area contributed by atoms with Crippen molar-refractivity contribution in [2.75, 3.05) is 7.11 Å². The average Bonchev–Trinajstić information content (AvgIpc) is 2.59. The number of rotatable bonds is 7. The predicted molar refractivity (Wildman–Crippen MR) is 96.1 cm³/mol. The van der Waals surface area contributed by atoms with E-state index in [0.29, 0.717) is 12.3 Å². The molecule has 1 amide bonds. The summed E-state index contributed by atoms with van der Waals surface area (Å²) in [5.74, 6) is 0.365. The van der Waals surface area contributed by atoms with Crippen LogP contribution < -0.4 is 14.8 Å². The van der Waals surface area contributed by atoms with E-state index in [1.807, 2.05) is 24.3 Å². The molecule has 0 radical (unpaired) electrons. The number of carbonyl (C=O) groups is 1. The van der Waals surface area contributed by atoms with Gasteiger partial charge in [0, 0.05) is 18.2 Å². The highest BCUT2D eigenvalue weighted by Crippen LogP contribution is 2.14. The summed E-state index contributed by atoms with van der Waals surface area (Å²) in [6, 6.07) is 13.1. The van der Waals surface area contributed by atoms with Crippen LogP contribution in [0.4, 0.5) is 0 Å². The number of ether oxygens (including phenoxy) is 1. The summed E-state index contributed by atoms with van der Waals surface area (Å²) in [6.45, 7) is 3.79. The lowest BCUT2D eigenvalue weighted by molar-refractivity contribution is 0.0950. The molecule has 0 saturated carbocycles. The van der Waals surface area contributed by atoms with E-state index in [-0.39, 0.29) is 22.4 Å². The Morgan fingerprint density at radius 2 is 1.84 bits per heavy atom. The van der Waals surface area contributed by atoms with Crippen LogP contribution in [0, 0.1) is 0 Å². The molecular weight excluding hydrogens is 340 g/mol. The first-order chi connectivity index (χ1) is 11.8. The lowest BCUT2D eigenvalue weighted by atomic mass is 10.2. The van der Waals surface area contributed by atoms with Gasteiger partial charge >= 0.3 is 0 Å². The highest BCUT2D eigenvalue weighted by molar-refractivity contribution is 7.89. The largest absolute Gasteiger partial charge is 0.497 e. The van der Waals surface area contributed by atoms with Crippen molar-refractivity contribution < 1.29 is 17.9 Å². The highest BCUT2D eigenvalue weighted by atomic mass is 32.2. The molecule has 6 nitrogen and oxygen atoms in total. The number of nitrogens with one attached hydrogen (secondary N) is 2. The second kappa shape index (κ2) is 8.13. The predicted octanol–water partition coefficient (Wildman–Crippen LogP) is 2.31. The van der Waals surface area contributed by atoms with Gasteiger partial charge in [0.25, 0.3) is 5.91 Å². The first kappa shape index (κ1) is 19.0. The fraction of sp³-hybridized carbons (Fsp3) is 0.278. The maximum atomic E-state index is 12.3. The second-order valence-corrected chi connectivity index (χ2v) is 7.55. The minimum atomic E-state index is -3.64. The standard InChI is InChI=1S/C18H22N2O4S/c1-13(2)20-25(22,23)17-9-5-7-15(11-17)18(21)19-12-14-6-4-8-16(10-14)24-3/h4-11,13,20H,12H2,1-3H3,(H,19,21). The molecule has 0 aromatic heterocycles. The van der Waals surface area contributed by atoms with Crippen molar-refractivity contribution in [1.29, 1.82) is 0 Å². The van der Waals surface area contributed by atoms with Crippen LogP contribution in [-0.4, -0.2) is 27.5 Å². The summed E-state index contributed by atoms with van der Waals surface area (Å²) in [5, 5.41) is 2.78. The summed E-state index contributed by atoms with van der Waals surface area (Å²) in [5.41, 5.74) is 1.17. The summed E-state index contributed by atoms with van der Waals surface area (Å²) < 4.78 is 32.1. The van der Waals surface area contributed by atoms with Gasteiger partial charge < -0.3 is 10.1 Å². The lowest BCUT2D eigenvalue weighted by Gasteiger charge is -2.11. The first-order valence-electron chi connectivity index (χ1n) is 7.85. The van der Waals surface area contributed by atoms with Crippen molar-refractivity contribution >= 4 is 15.9 Å². The van der Waals surface area contributed by atoms with Crippen molar-refractivity contribution in [3.63, 3.8) is 0 Å². The van der Waals surface area contributed by atoms with Gasteiger partial charge in [0.1, 0.15) is 5.75 Å². The van der Waals surface area contributed by atoms with Gasteiger partial charge in [0.2, 0.25) is 10.0 Å². The molecule has 0 aliphatic heterocycles. The zero-order valence-corrected chi connectivity index (χ0v) is 15.3. The molecule has 0 fully saturated rings. The maximum absolute atomic E-state index is 12.3. The number of amides is 1. The molecule has 0 heterocycles. The van der Waals surface area contributed by atoms with Crippen molar-refractivity contribution in [3.05, 3.63) is 59.7 Å². The number of benzene rings is 2. The van der Waals surface area contributed by atoms with E-state index < -0.39 is 10.0 Å². The molecule has 2 aromatic rings. The molecule has 0 spiro atoms. The number of hydrogen-bond acceptors (Lipinski definition) is 4. The summed E-state index contributed by atoms with van der Waals surface area (Å²) in [4.78, 5) is 12.4. The third-order valence-electron chi connectivity index (χ3n) is 3.38. The van der Waals surface area contributed by atoms with Gasteiger partial charge in [-0.05, 0) is 49.7 Å². The van der Waals surface area contributed by atoms with E-state index in [4.69, 9.17) is 4.74 Å². The molecule has 25 heavy (non-hydrogen) atoms. The van der Waals surface area contributed by atoms with Gasteiger partial charge in [0.05, 0.1) is 12.0 Å². The Morgan fingerprint density at radius 1 is 1.12 bits per heavy atom. The number of carbonyl (C=O) groups excluding carboxylic acids is 1. The van der Waals surface area contributed by atoms with Gasteiger partial charge in [-0.1, -0.05) is 18.2 Å². The number of methoxy groups -OCH3 is 1. The highest BCUT2D eigenvalue weighted by Gasteiger charge is 2.17. The summed E-state index contributed by atoms with van der Waals surface area (Å²) >= 11 is 0. The zero-order chi connectivity index (χ0) is 18.4. The van der Waals surface area contributed by atoms with Gasteiger partial charge in [0.15, 0.2) is 0 Å². The Balaban J connectivity index is 2.10. The molecule has 2 rings (SSSR count). The number of hydrogen-bond donors (Lipinski definition) is 2. The van der Waals surface area contributed by atoms with E-state index in [1.54, 1.807) is 33.1 Å². The SMILES string of the molecule is COc1cccc(CNC(=O)c2cccc(S(=O)(=O)NC(C)C)c2)c1. The monoisotopic (exact) mass is 362 g/mol. The van der Waals surface area contributed by atoms with Crippen LogP contribution in [0.25, 0.3) is 0 Å². The smallest absolute Gasteiger partial charge is 0.251 e. The molecule has 0 aliphatic carbocycles. The van der Waals surface area contributed by atoms with Gasteiger partial charge in [-0.25, -0.2) is 13.1 Å². The van der Waals surface area contributed by atoms with Crippen LogP contribution in [0.1, 0.15) is 29.8 Å². The molecule has 0 unspecified atom stereocenters. The Labute approximate surface area is 148 Å². The van der Waals surface area contributed by atoms with Crippen LogP contribution in [-0.2, 0) is 16.6 Å². The third-order valence-corrected chi connectivity index (χ3v) is 5.04.